The molecule has 0 amide bonds. The lowest BCUT2D eigenvalue weighted by Gasteiger charge is -2.19. The fraction of sp³-hybridized carbons (Fsp3) is 0.0698. The minimum Gasteiger partial charge on any atom is -0.405 e. The SMILES string of the molecule is CCc1cccc2c(-c3c4ccccc4c(-c4ccc(/C(=C/C=C\N)Cc5ccccc5)cc4)c4ccccc34)cccc12. The lowest BCUT2D eigenvalue weighted by atomic mass is 9.84. The quantitative estimate of drug-likeness (QED) is 0.151. The fourth-order valence-corrected chi connectivity index (χ4v) is 6.73. The summed E-state index contributed by atoms with van der Waals surface area (Å²) in [4.78, 5) is 0. The Morgan fingerprint density at radius 2 is 1.11 bits per heavy atom. The predicted octanol–water partition coefficient (Wildman–Crippen LogP) is 11.1. The summed E-state index contributed by atoms with van der Waals surface area (Å²) < 4.78 is 0. The zero-order valence-corrected chi connectivity index (χ0v) is 25.0. The third kappa shape index (κ3) is 4.97. The number of hydrogen-bond acceptors (Lipinski definition) is 1. The third-order valence-corrected chi connectivity index (χ3v) is 8.78. The van der Waals surface area contributed by atoms with Gasteiger partial charge in [-0.3, -0.25) is 0 Å². The molecular formula is C43H35N. The molecule has 0 saturated heterocycles. The van der Waals surface area contributed by atoms with Gasteiger partial charge in [0.1, 0.15) is 0 Å². The first-order chi connectivity index (χ1) is 21.8. The van der Waals surface area contributed by atoms with Gasteiger partial charge in [0, 0.05) is 0 Å². The molecule has 0 atom stereocenters. The maximum atomic E-state index is 5.73. The molecule has 0 unspecified atom stereocenters. The highest BCUT2D eigenvalue weighted by Gasteiger charge is 2.18. The first-order valence-corrected chi connectivity index (χ1v) is 15.4. The van der Waals surface area contributed by atoms with E-state index < -0.39 is 0 Å². The minimum absolute atomic E-state index is 0.843. The lowest BCUT2D eigenvalue weighted by Crippen LogP contribution is -1.94. The van der Waals surface area contributed by atoms with E-state index in [-0.39, 0.29) is 0 Å². The second-order valence-corrected chi connectivity index (χ2v) is 11.3. The summed E-state index contributed by atoms with van der Waals surface area (Å²) in [6.45, 7) is 2.24. The average Bonchev–Trinajstić information content (AvgIpc) is 3.09. The van der Waals surface area contributed by atoms with Crippen LogP contribution in [0.3, 0.4) is 0 Å². The van der Waals surface area contributed by atoms with Crippen molar-refractivity contribution in [3.63, 3.8) is 0 Å². The van der Waals surface area contributed by atoms with E-state index in [0.29, 0.717) is 0 Å². The van der Waals surface area contributed by atoms with Gasteiger partial charge in [0.25, 0.3) is 0 Å². The molecule has 0 heterocycles. The first-order valence-electron chi connectivity index (χ1n) is 15.4. The van der Waals surface area contributed by atoms with Gasteiger partial charge in [-0.25, -0.2) is 0 Å². The molecule has 0 spiro atoms. The molecule has 1 nitrogen and oxygen atoms in total. The van der Waals surface area contributed by atoms with E-state index in [1.54, 1.807) is 6.20 Å². The summed E-state index contributed by atoms with van der Waals surface area (Å²) in [5.74, 6) is 0. The molecule has 0 radical (unpaired) electrons. The van der Waals surface area contributed by atoms with Crippen molar-refractivity contribution in [3.05, 3.63) is 175 Å². The largest absolute Gasteiger partial charge is 0.405 e. The maximum Gasteiger partial charge on any atom is -0.00198 e. The molecule has 0 fully saturated rings. The highest BCUT2D eigenvalue weighted by Crippen LogP contribution is 2.45. The second-order valence-electron chi connectivity index (χ2n) is 11.3. The van der Waals surface area contributed by atoms with E-state index >= 15 is 0 Å². The molecule has 0 aliphatic carbocycles. The van der Waals surface area contributed by atoms with Crippen molar-refractivity contribution in [3.8, 4) is 22.3 Å². The number of fused-ring (bicyclic) bond motifs is 3. The second kappa shape index (κ2) is 12.1. The van der Waals surface area contributed by atoms with Crippen LogP contribution in [-0.2, 0) is 12.8 Å². The van der Waals surface area contributed by atoms with Crippen LogP contribution in [0.4, 0.5) is 0 Å². The summed E-state index contributed by atoms with van der Waals surface area (Å²) in [5.41, 5.74) is 15.9. The third-order valence-electron chi connectivity index (χ3n) is 8.78. The van der Waals surface area contributed by atoms with Crippen LogP contribution in [-0.4, -0.2) is 0 Å². The van der Waals surface area contributed by atoms with Crippen LogP contribution in [0, 0.1) is 0 Å². The van der Waals surface area contributed by atoms with E-state index in [1.165, 1.54) is 76.8 Å². The molecule has 44 heavy (non-hydrogen) atoms. The van der Waals surface area contributed by atoms with Crippen LogP contribution >= 0.6 is 0 Å². The Bertz CT molecular complexity index is 2110. The molecule has 0 bridgehead atoms. The Morgan fingerprint density at radius 1 is 0.545 bits per heavy atom. The van der Waals surface area contributed by atoms with E-state index in [4.69, 9.17) is 5.73 Å². The maximum absolute atomic E-state index is 5.73. The van der Waals surface area contributed by atoms with Gasteiger partial charge in [-0.15, -0.1) is 0 Å². The number of benzene rings is 7. The fourth-order valence-electron chi connectivity index (χ4n) is 6.73. The molecule has 0 aliphatic heterocycles. The van der Waals surface area contributed by atoms with E-state index in [0.717, 1.165) is 12.8 Å². The molecule has 212 valence electrons. The van der Waals surface area contributed by atoms with Gasteiger partial charge in [0.2, 0.25) is 0 Å². The van der Waals surface area contributed by atoms with Crippen LogP contribution in [0.15, 0.2) is 158 Å². The highest BCUT2D eigenvalue weighted by atomic mass is 14.5. The van der Waals surface area contributed by atoms with Crippen LogP contribution in [0.2, 0.25) is 0 Å². The van der Waals surface area contributed by atoms with Crippen molar-refractivity contribution >= 4 is 37.9 Å². The first kappa shape index (κ1) is 27.4. The number of aryl methyl sites for hydroxylation is 1. The predicted molar refractivity (Wildman–Crippen MR) is 191 cm³/mol. The van der Waals surface area contributed by atoms with Crippen molar-refractivity contribution in [1.82, 2.24) is 0 Å². The smallest absolute Gasteiger partial charge is 0.00198 e. The summed E-state index contributed by atoms with van der Waals surface area (Å²) in [5, 5.41) is 7.73. The minimum atomic E-state index is 0.843. The molecule has 0 aliphatic rings. The Labute approximate surface area is 259 Å². The van der Waals surface area contributed by atoms with E-state index in [1.807, 2.05) is 6.08 Å². The summed E-state index contributed by atoms with van der Waals surface area (Å²) >= 11 is 0. The number of allylic oxidation sites excluding steroid dienone is 3. The van der Waals surface area contributed by atoms with Crippen molar-refractivity contribution in [1.29, 1.82) is 0 Å². The molecule has 7 aromatic rings. The molecular weight excluding hydrogens is 530 g/mol. The van der Waals surface area contributed by atoms with Crippen molar-refractivity contribution in [2.24, 2.45) is 5.73 Å². The zero-order chi connectivity index (χ0) is 29.9. The van der Waals surface area contributed by atoms with Gasteiger partial charge < -0.3 is 5.73 Å². The van der Waals surface area contributed by atoms with Crippen LogP contribution in [0.5, 0.6) is 0 Å². The molecule has 7 aromatic carbocycles. The van der Waals surface area contributed by atoms with Crippen LogP contribution in [0.1, 0.15) is 23.6 Å². The average molecular weight is 566 g/mol. The van der Waals surface area contributed by atoms with E-state index in [9.17, 15) is 0 Å². The molecule has 0 saturated carbocycles. The Hall–Kier alpha value is -5.40. The van der Waals surface area contributed by atoms with Gasteiger partial charge in [-0.05, 0) is 102 Å². The lowest BCUT2D eigenvalue weighted by molar-refractivity contribution is 1.16. The molecule has 1 heteroatoms. The Kier molecular flexibility index (Phi) is 7.53. The normalized spacial score (nSPS) is 12.1. The van der Waals surface area contributed by atoms with Gasteiger partial charge in [-0.1, -0.05) is 153 Å². The number of nitrogens with two attached hydrogens (primary N) is 1. The van der Waals surface area contributed by atoms with Crippen LogP contribution < -0.4 is 5.73 Å². The van der Waals surface area contributed by atoms with Crippen molar-refractivity contribution in [2.75, 3.05) is 0 Å². The Morgan fingerprint density at radius 3 is 1.75 bits per heavy atom. The summed E-state index contributed by atoms with van der Waals surface area (Å²) in [7, 11) is 0. The topological polar surface area (TPSA) is 26.0 Å². The van der Waals surface area contributed by atoms with E-state index in [2.05, 4.69) is 153 Å². The zero-order valence-electron chi connectivity index (χ0n) is 25.0. The molecule has 2 N–H and O–H groups in total. The van der Waals surface area contributed by atoms with Gasteiger partial charge in [0.05, 0.1) is 0 Å². The molecule has 0 aromatic heterocycles. The summed E-state index contributed by atoms with van der Waals surface area (Å²) in [6, 6.07) is 51.0. The number of hydrogen-bond donors (Lipinski definition) is 1. The van der Waals surface area contributed by atoms with Crippen LogP contribution in [0.25, 0.3) is 60.1 Å². The van der Waals surface area contributed by atoms with Gasteiger partial charge in [-0.2, -0.15) is 0 Å². The standard InChI is InChI=1S/C43H35N/c1-2-31-15-10-22-36-35(31)21-11-23-37(36)43-40-19-8-6-17-38(40)42(39-18-7-9-20-41(39)43)33-26-24-32(25-27-33)34(16-12-28-44)29-30-13-4-3-5-14-30/h3-28H,2,29,44H2,1H3/b28-12-,34-16+. The van der Waals surface area contributed by atoms with Crippen molar-refractivity contribution < 1.29 is 0 Å². The van der Waals surface area contributed by atoms with Gasteiger partial charge in [0.15, 0.2) is 0 Å². The highest BCUT2D eigenvalue weighted by molar-refractivity contribution is 6.23. The monoisotopic (exact) mass is 565 g/mol. The van der Waals surface area contributed by atoms with Gasteiger partial charge >= 0.3 is 0 Å². The summed E-state index contributed by atoms with van der Waals surface area (Å²) in [6.07, 6.45) is 7.49. The Balaban J connectivity index is 1.43. The number of rotatable bonds is 7. The van der Waals surface area contributed by atoms with Crippen molar-refractivity contribution in [2.45, 2.75) is 19.8 Å². The molecule has 7 rings (SSSR count).